The lowest BCUT2D eigenvalue weighted by atomic mass is 9.42. The van der Waals surface area contributed by atoms with Gasteiger partial charge in [0.1, 0.15) is 0 Å². The molecular formula is C21H31N3O2. The molecule has 5 aliphatic carbocycles. The zero-order valence-electron chi connectivity index (χ0n) is 16.1. The number of carbonyl (C=O) groups is 1. The molecule has 6 rings (SSSR count). The fourth-order valence-corrected chi connectivity index (χ4v) is 7.03. The molecule has 5 fully saturated rings. The lowest BCUT2D eigenvalue weighted by Gasteiger charge is -2.64. The van der Waals surface area contributed by atoms with Crippen LogP contribution in [0, 0.1) is 16.7 Å². The predicted molar refractivity (Wildman–Crippen MR) is 98.1 cm³/mol. The van der Waals surface area contributed by atoms with E-state index in [0.717, 1.165) is 50.5 Å². The van der Waals surface area contributed by atoms with Crippen molar-refractivity contribution in [1.82, 2.24) is 14.7 Å². The lowest BCUT2D eigenvalue weighted by Crippen LogP contribution is -2.64. The highest BCUT2D eigenvalue weighted by Crippen LogP contribution is 2.68. The zero-order valence-corrected chi connectivity index (χ0v) is 16.1. The molecule has 0 aliphatic heterocycles. The molecule has 5 aliphatic rings. The van der Waals surface area contributed by atoms with Gasteiger partial charge in [-0.25, -0.2) is 0 Å². The first-order valence-corrected chi connectivity index (χ1v) is 10.4. The van der Waals surface area contributed by atoms with Crippen LogP contribution < -0.4 is 0 Å². The van der Waals surface area contributed by atoms with E-state index in [1.54, 1.807) is 0 Å². The van der Waals surface area contributed by atoms with Crippen LogP contribution in [-0.2, 0) is 18.4 Å². The standard InChI is InChI=1S/C21H31N3O2/c1-3-19-6-15-7-20(12-19,14-21(26,8-15)13-19)18(25)24(17-4-5-17)11-16-9-22-23(2)10-16/h9-10,15,17,26H,3-8,11-14H2,1-2H3/t15-,19-,20-,21-/m1/s1. The molecule has 0 unspecified atom stereocenters. The van der Waals surface area contributed by atoms with E-state index in [0.29, 0.717) is 30.8 Å². The van der Waals surface area contributed by atoms with Gasteiger partial charge in [-0.1, -0.05) is 13.3 Å². The maximum absolute atomic E-state index is 13.9. The van der Waals surface area contributed by atoms with Gasteiger partial charge in [0.15, 0.2) is 0 Å². The monoisotopic (exact) mass is 357 g/mol. The van der Waals surface area contributed by atoms with E-state index in [1.165, 1.54) is 6.42 Å². The van der Waals surface area contributed by atoms with Gasteiger partial charge in [-0.2, -0.15) is 5.10 Å². The van der Waals surface area contributed by atoms with Crippen LogP contribution in [0.15, 0.2) is 12.4 Å². The number of carbonyl (C=O) groups excluding carboxylic acids is 1. The Labute approximate surface area is 155 Å². The van der Waals surface area contributed by atoms with Crippen molar-refractivity contribution in [1.29, 1.82) is 0 Å². The van der Waals surface area contributed by atoms with Crippen molar-refractivity contribution in [3.8, 4) is 0 Å². The van der Waals surface area contributed by atoms with E-state index >= 15 is 0 Å². The van der Waals surface area contributed by atoms with E-state index in [-0.39, 0.29) is 10.8 Å². The average Bonchev–Trinajstić information content (AvgIpc) is 3.32. The summed E-state index contributed by atoms with van der Waals surface area (Å²) in [4.78, 5) is 16.0. The van der Waals surface area contributed by atoms with Crippen LogP contribution in [0.1, 0.15) is 70.3 Å². The van der Waals surface area contributed by atoms with Gasteiger partial charge in [0, 0.05) is 31.4 Å². The Kier molecular flexibility index (Phi) is 3.45. The van der Waals surface area contributed by atoms with Crippen molar-refractivity contribution in [2.75, 3.05) is 0 Å². The molecule has 1 heterocycles. The average molecular weight is 357 g/mol. The SMILES string of the molecule is CC[C@]12C[C@H]3C[C@@](O)(C1)C[C@@](C(=O)N(Cc1cnn(C)c1)C1CC1)(C3)C2. The number of amides is 1. The smallest absolute Gasteiger partial charge is 0.229 e. The van der Waals surface area contributed by atoms with Crippen LogP contribution >= 0.6 is 0 Å². The Morgan fingerprint density at radius 3 is 2.73 bits per heavy atom. The Balaban J connectivity index is 1.46. The first-order chi connectivity index (χ1) is 12.3. The van der Waals surface area contributed by atoms with Crippen LogP contribution in [0.5, 0.6) is 0 Å². The lowest BCUT2D eigenvalue weighted by molar-refractivity contribution is -0.210. The first-order valence-electron chi connectivity index (χ1n) is 10.4. The van der Waals surface area contributed by atoms with Crippen LogP contribution in [0.25, 0.3) is 0 Å². The molecule has 4 bridgehead atoms. The summed E-state index contributed by atoms with van der Waals surface area (Å²) in [5.74, 6) is 0.851. The number of aryl methyl sites for hydroxylation is 1. The second kappa shape index (κ2) is 5.34. The van der Waals surface area contributed by atoms with Gasteiger partial charge < -0.3 is 10.0 Å². The van der Waals surface area contributed by atoms with Gasteiger partial charge in [-0.15, -0.1) is 0 Å². The van der Waals surface area contributed by atoms with E-state index in [2.05, 4.69) is 16.9 Å². The van der Waals surface area contributed by atoms with Crippen molar-refractivity contribution in [2.45, 2.75) is 82.9 Å². The molecule has 5 heteroatoms. The normalized spacial score (nSPS) is 40.8. The summed E-state index contributed by atoms with van der Waals surface area (Å²) in [5.41, 5.74) is 0.373. The number of aliphatic hydroxyl groups is 1. The molecule has 5 nitrogen and oxygen atoms in total. The third-order valence-corrected chi connectivity index (χ3v) is 7.72. The molecule has 1 amide bonds. The topological polar surface area (TPSA) is 58.4 Å². The molecular weight excluding hydrogens is 326 g/mol. The fourth-order valence-electron chi connectivity index (χ4n) is 7.03. The van der Waals surface area contributed by atoms with Crippen LogP contribution in [0.2, 0.25) is 0 Å². The number of hydrogen-bond donors (Lipinski definition) is 1. The highest BCUT2D eigenvalue weighted by atomic mass is 16.3. The summed E-state index contributed by atoms with van der Waals surface area (Å²) in [6.45, 7) is 2.92. The molecule has 4 atom stereocenters. The maximum Gasteiger partial charge on any atom is 0.229 e. The van der Waals surface area contributed by atoms with Crippen LogP contribution in [-0.4, -0.2) is 37.3 Å². The minimum Gasteiger partial charge on any atom is -0.390 e. The first kappa shape index (κ1) is 16.8. The Bertz CT molecular complexity index is 741. The molecule has 1 aromatic rings. The third kappa shape index (κ3) is 2.54. The van der Waals surface area contributed by atoms with Crippen molar-refractivity contribution >= 4 is 5.91 Å². The summed E-state index contributed by atoms with van der Waals surface area (Å²) in [7, 11) is 1.92. The zero-order chi connectivity index (χ0) is 18.2. The van der Waals surface area contributed by atoms with E-state index in [4.69, 9.17) is 0 Å². The van der Waals surface area contributed by atoms with E-state index in [1.807, 2.05) is 24.1 Å². The third-order valence-electron chi connectivity index (χ3n) is 7.72. The quantitative estimate of drug-likeness (QED) is 0.881. The number of aromatic nitrogens is 2. The highest BCUT2D eigenvalue weighted by Gasteiger charge is 2.65. The molecule has 0 aromatic carbocycles. The van der Waals surface area contributed by atoms with Gasteiger partial charge in [-0.05, 0) is 62.7 Å². The summed E-state index contributed by atoms with van der Waals surface area (Å²) >= 11 is 0. The maximum atomic E-state index is 13.9. The summed E-state index contributed by atoms with van der Waals surface area (Å²) < 4.78 is 1.81. The van der Waals surface area contributed by atoms with Crippen molar-refractivity contribution in [3.05, 3.63) is 18.0 Å². The van der Waals surface area contributed by atoms with Crippen molar-refractivity contribution in [2.24, 2.45) is 23.8 Å². The molecule has 1 N–H and O–H groups in total. The number of rotatable bonds is 5. The van der Waals surface area contributed by atoms with Gasteiger partial charge >= 0.3 is 0 Å². The summed E-state index contributed by atoms with van der Waals surface area (Å²) in [5, 5.41) is 15.5. The highest BCUT2D eigenvalue weighted by molar-refractivity contribution is 5.84. The van der Waals surface area contributed by atoms with Gasteiger partial charge in [-0.3, -0.25) is 9.48 Å². The van der Waals surface area contributed by atoms with Crippen LogP contribution in [0.4, 0.5) is 0 Å². The number of nitrogens with zero attached hydrogens (tertiary/aromatic N) is 3. The summed E-state index contributed by atoms with van der Waals surface area (Å²) in [6, 6.07) is 0.392. The molecule has 0 spiro atoms. The van der Waals surface area contributed by atoms with Crippen LogP contribution in [0.3, 0.4) is 0 Å². The Morgan fingerprint density at radius 2 is 2.12 bits per heavy atom. The van der Waals surface area contributed by atoms with E-state index < -0.39 is 5.60 Å². The van der Waals surface area contributed by atoms with Gasteiger partial charge in [0.05, 0.1) is 17.2 Å². The van der Waals surface area contributed by atoms with Gasteiger partial charge in [0.2, 0.25) is 5.91 Å². The Morgan fingerprint density at radius 1 is 1.31 bits per heavy atom. The molecule has 142 valence electrons. The molecule has 0 saturated heterocycles. The molecule has 1 aromatic heterocycles. The second-order valence-corrected chi connectivity index (χ2v) is 10.1. The van der Waals surface area contributed by atoms with E-state index in [9.17, 15) is 9.90 Å². The van der Waals surface area contributed by atoms with Gasteiger partial charge in [0.25, 0.3) is 0 Å². The largest absolute Gasteiger partial charge is 0.390 e. The summed E-state index contributed by atoms with van der Waals surface area (Å²) in [6.07, 6.45) is 12.9. The fraction of sp³-hybridized carbons (Fsp3) is 0.810. The minimum atomic E-state index is -0.603. The predicted octanol–water partition coefficient (Wildman–Crippen LogP) is 3.02. The van der Waals surface area contributed by atoms with Crippen molar-refractivity contribution in [3.63, 3.8) is 0 Å². The second-order valence-electron chi connectivity index (χ2n) is 10.1. The van der Waals surface area contributed by atoms with Crippen molar-refractivity contribution < 1.29 is 9.90 Å². The minimum absolute atomic E-state index is 0.188. The number of hydrogen-bond acceptors (Lipinski definition) is 3. The molecule has 5 saturated carbocycles. The molecule has 0 radical (unpaired) electrons. The Hall–Kier alpha value is -1.36. The molecule has 26 heavy (non-hydrogen) atoms.